The van der Waals surface area contributed by atoms with Crippen LogP contribution in [0, 0.1) is 0 Å². The highest BCUT2D eigenvalue weighted by Gasteiger charge is 2.15. The fourth-order valence-electron chi connectivity index (χ4n) is 2.04. The molecule has 0 fully saturated rings. The van der Waals surface area contributed by atoms with Gasteiger partial charge in [-0.15, -0.1) is 6.58 Å². The van der Waals surface area contributed by atoms with Crippen molar-refractivity contribution in [2.75, 3.05) is 25.0 Å². The van der Waals surface area contributed by atoms with E-state index < -0.39 is 6.10 Å². The minimum atomic E-state index is -0.535. The molecule has 0 spiro atoms. The highest BCUT2D eigenvalue weighted by molar-refractivity contribution is 5.96. The number of rotatable bonds is 9. The Balaban J connectivity index is 2.61. The lowest BCUT2D eigenvalue weighted by Crippen LogP contribution is -2.30. The summed E-state index contributed by atoms with van der Waals surface area (Å²) in [6.45, 7) is 11.0. The highest BCUT2D eigenvalue weighted by atomic mass is 16.5. The number of carbonyl (C=O) groups is 2. The molecule has 1 rings (SSSR count). The van der Waals surface area contributed by atoms with Crippen molar-refractivity contribution in [2.24, 2.45) is 0 Å². The lowest BCUT2D eigenvalue weighted by Gasteiger charge is -2.18. The predicted octanol–water partition coefficient (Wildman–Crippen LogP) is 3.09. The van der Waals surface area contributed by atoms with Gasteiger partial charge in [-0.3, -0.25) is 9.59 Å². The third kappa shape index (κ3) is 5.87. The molecule has 0 heterocycles. The zero-order valence-electron chi connectivity index (χ0n) is 14.2. The summed E-state index contributed by atoms with van der Waals surface area (Å²) in [5, 5.41) is 2.78. The molecule has 0 saturated heterocycles. The van der Waals surface area contributed by atoms with E-state index in [-0.39, 0.29) is 11.8 Å². The van der Waals surface area contributed by atoms with Crippen LogP contribution in [0.1, 0.15) is 37.6 Å². The van der Waals surface area contributed by atoms with Crippen molar-refractivity contribution in [1.29, 1.82) is 0 Å². The van der Waals surface area contributed by atoms with Crippen LogP contribution < -0.4 is 5.32 Å². The second-order valence-corrected chi connectivity index (χ2v) is 5.13. The van der Waals surface area contributed by atoms with Crippen molar-refractivity contribution in [3.8, 4) is 0 Å². The van der Waals surface area contributed by atoms with Crippen molar-refractivity contribution < 1.29 is 14.3 Å². The number of nitrogens with zero attached hydrogens (tertiary/aromatic N) is 1. The quantitative estimate of drug-likeness (QED) is 0.562. The molecular formula is C18H26N2O3. The van der Waals surface area contributed by atoms with Crippen LogP contribution in [0.15, 0.2) is 36.9 Å². The van der Waals surface area contributed by atoms with Crippen LogP contribution in [-0.4, -0.2) is 42.5 Å². The number of carbonyl (C=O) groups excluding carboxylic acids is 2. The maximum atomic E-state index is 12.2. The maximum Gasteiger partial charge on any atom is 0.253 e. The molecule has 126 valence electrons. The Morgan fingerprint density at radius 3 is 2.39 bits per heavy atom. The smallest absolute Gasteiger partial charge is 0.253 e. The minimum Gasteiger partial charge on any atom is -0.368 e. The van der Waals surface area contributed by atoms with E-state index in [1.807, 2.05) is 13.8 Å². The summed E-state index contributed by atoms with van der Waals surface area (Å²) >= 11 is 0. The zero-order valence-corrected chi connectivity index (χ0v) is 14.2. The van der Waals surface area contributed by atoms with Crippen molar-refractivity contribution >= 4 is 17.5 Å². The van der Waals surface area contributed by atoms with E-state index in [1.54, 1.807) is 42.2 Å². The summed E-state index contributed by atoms with van der Waals surface area (Å²) < 4.78 is 5.39. The van der Waals surface area contributed by atoms with Gasteiger partial charge in [-0.25, -0.2) is 0 Å². The van der Waals surface area contributed by atoms with E-state index in [0.29, 0.717) is 37.4 Å². The summed E-state index contributed by atoms with van der Waals surface area (Å²) in [5.74, 6) is -0.217. The summed E-state index contributed by atoms with van der Waals surface area (Å²) in [5.41, 5.74) is 1.26. The Morgan fingerprint density at radius 1 is 1.26 bits per heavy atom. The van der Waals surface area contributed by atoms with E-state index in [1.165, 1.54) is 0 Å². The molecule has 0 radical (unpaired) electrons. The third-order valence-electron chi connectivity index (χ3n) is 3.51. The number of amides is 2. The molecule has 5 heteroatoms. The number of hydrogen-bond acceptors (Lipinski definition) is 3. The molecule has 0 bridgehead atoms. The second kappa shape index (κ2) is 9.79. The Bertz CT molecular complexity index is 522. The van der Waals surface area contributed by atoms with Crippen LogP contribution in [-0.2, 0) is 9.53 Å². The monoisotopic (exact) mass is 318 g/mol. The Hall–Kier alpha value is -2.14. The molecule has 5 nitrogen and oxygen atoms in total. The molecule has 1 unspecified atom stereocenters. The van der Waals surface area contributed by atoms with Crippen molar-refractivity contribution in [1.82, 2.24) is 4.90 Å². The zero-order chi connectivity index (χ0) is 17.2. The summed E-state index contributed by atoms with van der Waals surface area (Å²) in [6.07, 6.45) is 1.92. The van der Waals surface area contributed by atoms with Crippen LogP contribution in [0.3, 0.4) is 0 Å². The molecular weight excluding hydrogens is 292 g/mol. The molecule has 1 aromatic rings. The Labute approximate surface area is 138 Å². The van der Waals surface area contributed by atoms with Gasteiger partial charge in [-0.2, -0.15) is 0 Å². The van der Waals surface area contributed by atoms with Crippen molar-refractivity contribution in [3.05, 3.63) is 42.5 Å². The van der Waals surface area contributed by atoms with E-state index in [0.717, 1.165) is 0 Å². The third-order valence-corrected chi connectivity index (χ3v) is 3.51. The first-order valence-electron chi connectivity index (χ1n) is 7.96. The fraction of sp³-hybridized carbons (Fsp3) is 0.444. The molecule has 0 saturated carbocycles. The summed E-state index contributed by atoms with van der Waals surface area (Å²) in [7, 11) is 0. The normalized spacial score (nSPS) is 11.6. The largest absolute Gasteiger partial charge is 0.368 e. The molecule has 0 aromatic heterocycles. The molecule has 2 amide bonds. The molecule has 0 aliphatic carbocycles. The summed E-state index contributed by atoms with van der Waals surface area (Å²) in [6, 6.07) is 6.90. The van der Waals surface area contributed by atoms with E-state index in [2.05, 4.69) is 11.9 Å². The van der Waals surface area contributed by atoms with Gasteiger partial charge in [0.15, 0.2) is 0 Å². The predicted molar refractivity (Wildman–Crippen MR) is 92.6 cm³/mol. The van der Waals surface area contributed by atoms with E-state index in [9.17, 15) is 9.59 Å². The van der Waals surface area contributed by atoms with Gasteiger partial charge < -0.3 is 15.0 Å². The lowest BCUT2D eigenvalue weighted by molar-refractivity contribution is -0.126. The van der Waals surface area contributed by atoms with Gasteiger partial charge in [0.2, 0.25) is 0 Å². The van der Waals surface area contributed by atoms with E-state index >= 15 is 0 Å². The lowest BCUT2D eigenvalue weighted by atomic mass is 10.1. The first-order valence-corrected chi connectivity index (χ1v) is 7.96. The topological polar surface area (TPSA) is 58.6 Å². The number of anilines is 1. The molecule has 1 atom stereocenters. The first-order chi connectivity index (χ1) is 11.0. The van der Waals surface area contributed by atoms with Gasteiger partial charge in [-0.05, 0) is 51.5 Å². The molecule has 23 heavy (non-hydrogen) atoms. The Kier molecular flexibility index (Phi) is 8.05. The number of ether oxygens (including phenoxy) is 1. The molecule has 0 aliphatic heterocycles. The number of nitrogens with one attached hydrogen (secondary N) is 1. The first kappa shape index (κ1) is 18.9. The molecule has 1 N–H and O–H groups in total. The average molecular weight is 318 g/mol. The van der Waals surface area contributed by atoms with Gasteiger partial charge in [0.1, 0.15) is 6.10 Å². The molecule has 0 aliphatic rings. The number of benzene rings is 1. The van der Waals surface area contributed by atoms with Gasteiger partial charge in [0.25, 0.3) is 11.8 Å². The van der Waals surface area contributed by atoms with Gasteiger partial charge in [0, 0.05) is 24.3 Å². The van der Waals surface area contributed by atoms with Crippen molar-refractivity contribution in [3.63, 3.8) is 0 Å². The second-order valence-electron chi connectivity index (χ2n) is 5.13. The summed E-state index contributed by atoms with van der Waals surface area (Å²) in [4.78, 5) is 25.9. The average Bonchev–Trinajstić information content (AvgIpc) is 2.56. The van der Waals surface area contributed by atoms with Crippen LogP contribution >= 0.6 is 0 Å². The van der Waals surface area contributed by atoms with Crippen LogP contribution in [0.25, 0.3) is 0 Å². The minimum absolute atomic E-state index is 0.00555. The number of hydrogen-bond donors (Lipinski definition) is 1. The van der Waals surface area contributed by atoms with Crippen LogP contribution in [0.5, 0.6) is 0 Å². The standard InChI is InChI=1S/C18H26N2O3/c1-5-8-13-23-14(4)17(21)19-16-11-9-15(10-12-16)18(22)20(6-2)7-3/h5,9-12,14H,1,6-8,13H2,2-4H3,(H,19,21). The van der Waals surface area contributed by atoms with E-state index in [4.69, 9.17) is 4.74 Å². The van der Waals surface area contributed by atoms with Gasteiger partial charge in [-0.1, -0.05) is 6.08 Å². The van der Waals surface area contributed by atoms with Crippen LogP contribution in [0.2, 0.25) is 0 Å². The van der Waals surface area contributed by atoms with Crippen LogP contribution in [0.4, 0.5) is 5.69 Å². The Morgan fingerprint density at radius 2 is 1.87 bits per heavy atom. The fourth-order valence-corrected chi connectivity index (χ4v) is 2.04. The van der Waals surface area contributed by atoms with Gasteiger partial charge >= 0.3 is 0 Å². The molecule has 1 aromatic carbocycles. The highest BCUT2D eigenvalue weighted by Crippen LogP contribution is 2.12. The van der Waals surface area contributed by atoms with Crippen molar-refractivity contribution in [2.45, 2.75) is 33.3 Å². The maximum absolute atomic E-state index is 12.2. The SMILES string of the molecule is C=CCCOC(C)C(=O)Nc1ccc(C(=O)N(CC)CC)cc1. The van der Waals surface area contributed by atoms with Gasteiger partial charge in [0.05, 0.1) is 6.61 Å².